The molecule has 84 valence electrons. The molecule has 1 aromatic carbocycles. The quantitative estimate of drug-likeness (QED) is 0.773. The molecule has 0 aromatic heterocycles. The summed E-state index contributed by atoms with van der Waals surface area (Å²) in [5.74, 6) is -0.137. The second kappa shape index (κ2) is 5.92. The average Bonchev–Trinajstić information content (AvgIpc) is 2.30. The predicted molar refractivity (Wildman–Crippen MR) is 62.5 cm³/mol. The molecule has 0 saturated carbocycles. The zero-order valence-corrected chi connectivity index (χ0v) is 9.73. The van der Waals surface area contributed by atoms with Gasteiger partial charge in [0.05, 0.1) is 6.07 Å². The lowest BCUT2D eigenvalue weighted by Gasteiger charge is -2.15. The van der Waals surface area contributed by atoms with Gasteiger partial charge in [0.15, 0.2) is 0 Å². The third-order valence-electron chi connectivity index (χ3n) is 2.51. The molecule has 0 unspecified atom stereocenters. The molecule has 3 heteroatoms. The Bertz CT molecular complexity index is 389. The van der Waals surface area contributed by atoms with Crippen LogP contribution in [0.4, 0.5) is 0 Å². The van der Waals surface area contributed by atoms with Gasteiger partial charge in [-0.1, -0.05) is 31.2 Å². The van der Waals surface area contributed by atoms with E-state index < -0.39 is 0 Å². The molecular formula is C13H16N2O. The summed E-state index contributed by atoms with van der Waals surface area (Å²) in [4.78, 5) is 12.9. The molecule has 0 heterocycles. The van der Waals surface area contributed by atoms with Gasteiger partial charge < -0.3 is 4.90 Å². The minimum Gasteiger partial charge on any atom is -0.341 e. The Morgan fingerprint density at radius 2 is 1.88 bits per heavy atom. The van der Waals surface area contributed by atoms with E-state index in [4.69, 9.17) is 5.26 Å². The largest absolute Gasteiger partial charge is 0.341 e. The number of nitriles is 1. The van der Waals surface area contributed by atoms with E-state index in [0.717, 1.165) is 12.0 Å². The summed E-state index contributed by atoms with van der Waals surface area (Å²) >= 11 is 0. The maximum absolute atomic E-state index is 11.4. The van der Waals surface area contributed by atoms with Gasteiger partial charge in [-0.2, -0.15) is 5.26 Å². The van der Waals surface area contributed by atoms with E-state index in [1.165, 1.54) is 5.56 Å². The second-order valence-electron chi connectivity index (χ2n) is 3.75. The smallest absolute Gasteiger partial charge is 0.236 e. The molecule has 0 atom stereocenters. The predicted octanol–water partition coefficient (Wildman–Crippen LogP) is 2.12. The maximum Gasteiger partial charge on any atom is 0.236 e. The fourth-order valence-corrected chi connectivity index (χ4v) is 1.45. The number of hydrogen-bond donors (Lipinski definition) is 0. The Balaban J connectivity index is 2.59. The van der Waals surface area contributed by atoms with Crippen molar-refractivity contribution in [2.24, 2.45) is 0 Å². The van der Waals surface area contributed by atoms with Crippen molar-refractivity contribution in [3.05, 3.63) is 35.4 Å². The maximum atomic E-state index is 11.4. The van der Waals surface area contributed by atoms with Crippen LogP contribution in [0.3, 0.4) is 0 Å². The van der Waals surface area contributed by atoms with Crippen molar-refractivity contribution in [3.8, 4) is 6.07 Å². The van der Waals surface area contributed by atoms with Gasteiger partial charge >= 0.3 is 0 Å². The molecule has 0 spiro atoms. The highest BCUT2D eigenvalue weighted by Gasteiger charge is 2.07. The number of amides is 1. The van der Waals surface area contributed by atoms with Crippen molar-refractivity contribution in [2.75, 3.05) is 7.05 Å². The SMILES string of the molecule is CCc1ccc(CN(C)C(=O)CC#N)cc1. The van der Waals surface area contributed by atoms with Gasteiger partial charge in [-0.15, -0.1) is 0 Å². The minimum atomic E-state index is -0.137. The standard InChI is InChI=1S/C13H16N2O/c1-3-11-4-6-12(7-5-11)10-15(2)13(16)8-9-14/h4-7H,3,8,10H2,1-2H3. The summed E-state index contributed by atoms with van der Waals surface area (Å²) in [6, 6.07) is 10.0. The van der Waals surface area contributed by atoms with Crippen LogP contribution in [0.15, 0.2) is 24.3 Å². The number of nitrogens with zero attached hydrogens (tertiary/aromatic N) is 2. The van der Waals surface area contributed by atoms with Gasteiger partial charge in [-0.3, -0.25) is 4.79 Å². The highest BCUT2D eigenvalue weighted by atomic mass is 16.2. The lowest BCUT2D eigenvalue weighted by atomic mass is 10.1. The summed E-state index contributed by atoms with van der Waals surface area (Å²) in [6.45, 7) is 2.67. The van der Waals surface area contributed by atoms with Gasteiger partial charge in [-0.05, 0) is 17.5 Å². The van der Waals surface area contributed by atoms with Crippen LogP contribution < -0.4 is 0 Å². The average molecular weight is 216 g/mol. The zero-order valence-electron chi connectivity index (χ0n) is 9.73. The summed E-state index contributed by atoms with van der Waals surface area (Å²) in [5, 5.41) is 8.42. The van der Waals surface area contributed by atoms with Gasteiger partial charge in [-0.25, -0.2) is 0 Å². The summed E-state index contributed by atoms with van der Waals surface area (Å²) < 4.78 is 0. The molecule has 1 rings (SSSR count). The third kappa shape index (κ3) is 3.39. The highest BCUT2D eigenvalue weighted by Crippen LogP contribution is 2.07. The Morgan fingerprint density at radius 3 is 2.38 bits per heavy atom. The Morgan fingerprint density at radius 1 is 1.31 bits per heavy atom. The van der Waals surface area contributed by atoms with E-state index in [2.05, 4.69) is 19.1 Å². The Kier molecular flexibility index (Phi) is 4.53. The van der Waals surface area contributed by atoms with Crippen molar-refractivity contribution in [1.82, 2.24) is 4.90 Å². The fourth-order valence-electron chi connectivity index (χ4n) is 1.45. The highest BCUT2D eigenvalue weighted by molar-refractivity contribution is 5.77. The molecular weight excluding hydrogens is 200 g/mol. The molecule has 0 bridgehead atoms. The van der Waals surface area contributed by atoms with E-state index >= 15 is 0 Å². The molecule has 0 aliphatic heterocycles. The van der Waals surface area contributed by atoms with E-state index in [1.807, 2.05) is 18.2 Å². The van der Waals surface area contributed by atoms with Crippen molar-refractivity contribution >= 4 is 5.91 Å². The van der Waals surface area contributed by atoms with Crippen LogP contribution >= 0.6 is 0 Å². The van der Waals surface area contributed by atoms with E-state index in [-0.39, 0.29) is 12.3 Å². The number of aryl methyl sites for hydroxylation is 1. The van der Waals surface area contributed by atoms with Crippen LogP contribution in [0.2, 0.25) is 0 Å². The molecule has 0 aliphatic rings. The molecule has 0 N–H and O–H groups in total. The molecule has 0 fully saturated rings. The van der Waals surface area contributed by atoms with Gasteiger partial charge in [0.25, 0.3) is 0 Å². The van der Waals surface area contributed by atoms with Gasteiger partial charge in [0, 0.05) is 13.6 Å². The molecule has 16 heavy (non-hydrogen) atoms. The summed E-state index contributed by atoms with van der Waals surface area (Å²) in [7, 11) is 1.72. The number of benzene rings is 1. The first kappa shape index (κ1) is 12.3. The number of hydrogen-bond acceptors (Lipinski definition) is 2. The Labute approximate surface area is 96.3 Å². The van der Waals surface area contributed by atoms with Crippen LogP contribution in [0.5, 0.6) is 0 Å². The monoisotopic (exact) mass is 216 g/mol. The zero-order chi connectivity index (χ0) is 12.0. The van der Waals surface area contributed by atoms with Crippen LogP contribution in [0.25, 0.3) is 0 Å². The van der Waals surface area contributed by atoms with Crippen LogP contribution in [-0.4, -0.2) is 17.9 Å². The molecule has 0 aliphatic carbocycles. The van der Waals surface area contributed by atoms with Crippen LogP contribution in [0.1, 0.15) is 24.5 Å². The van der Waals surface area contributed by atoms with E-state index in [1.54, 1.807) is 11.9 Å². The summed E-state index contributed by atoms with van der Waals surface area (Å²) in [5.41, 5.74) is 2.38. The fraction of sp³-hybridized carbons (Fsp3) is 0.385. The minimum absolute atomic E-state index is 0.0520. The van der Waals surface area contributed by atoms with Crippen molar-refractivity contribution in [3.63, 3.8) is 0 Å². The second-order valence-corrected chi connectivity index (χ2v) is 3.75. The third-order valence-corrected chi connectivity index (χ3v) is 2.51. The van der Waals surface area contributed by atoms with Crippen LogP contribution in [-0.2, 0) is 17.8 Å². The molecule has 0 radical (unpaired) electrons. The molecule has 1 aromatic rings. The molecule has 1 amide bonds. The topological polar surface area (TPSA) is 44.1 Å². The van der Waals surface area contributed by atoms with Gasteiger partial charge in [0.2, 0.25) is 5.91 Å². The lowest BCUT2D eigenvalue weighted by Crippen LogP contribution is -2.25. The Hall–Kier alpha value is -1.82. The molecule has 0 saturated heterocycles. The van der Waals surface area contributed by atoms with Crippen molar-refractivity contribution in [2.45, 2.75) is 26.3 Å². The normalized spacial score (nSPS) is 9.56. The van der Waals surface area contributed by atoms with Gasteiger partial charge in [0.1, 0.15) is 6.42 Å². The first-order valence-electron chi connectivity index (χ1n) is 5.36. The molecule has 3 nitrogen and oxygen atoms in total. The van der Waals surface area contributed by atoms with Crippen molar-refractivity contribution in [1.29, 1.82) is 5.26 Å². The van der Waals surface area contributed by atoms with Crippen molar-refractivity contribution < 1.29 is 4.79 Å². The van der Waals surface area contributed by atoms with E-state index in [0.29, 0.717) is 6.54 Å². The number of carbonyl (C=O) groups is 1. The number of rotatable bonds is 4. The first-order valence-corrected chi connectivity index (χ1v) is 5.36. The summed E-state index contributed by atoms with van der Waals surface area (Å²) in [6.07, 6.45) is 0.965. The van der Waals surface area contributed by atoms with E-state index in [9.17, 15) is 4.79 Å². The number of carbonyl (C=O) groups excluding carboxylic acids is 1. The first-order chi connectivity index (χ1) is 7.67. The lowest BCUT2D eigenvalue weighted by molar-refractivity contribution is -0.129. The van der Waals surface area contributed by atoms with Crippen LogP contribution in [0, 0.1) is 11.3 Å².